The Bertz CT molecular complexity index is 746. The molecule has 0 bridgehead atoms. The third kappa shape index (κ3) is 2.96. The van der Waals surface area contributed by atoms with Gasteiger partial charge in [-0.1, -0.05) is 60.7 Å². The molecule has 1 N–H and O–H groups in total. The molecule has 3 rings (SSSR count). The second-order valence-corrected chi connectivity index (χ2v) is 5.21. The zero-order valence-electron chi connectivity index (χ0n) is 12.5. The Hall–Kier alpha value is -2.74. The smallest absolute Gasteiger partial charge is 0.130 e. The highest BCUT2D eigenvalue weighted by atomic mass is 16.5. The molecule has 3 aromatic carbocycles. The van der Waals surface area contributed by atoms with Crippen LogP contribution in [0.1, 0.15) is 11.1 Å². The molecule has 0 saturated heterocycles. The zero-order valence-corrected chi connectivity index (χ0v) is 12.5. The fraction of sp³-hybridized carbons (Fsp3) is 0.100. The summed E-state index contributed by atoms with van der Waals surface area (Å²) in [7, 11) is 1.71. The topological polar surface area (TPSA) is 29.5 Å². The van der Waals surface area contributed by atoms with Gasteiger partial charge in [-0.05, 0) is 28.8 Å². The Morgan fingerprint density at radius 1 is 0.818 bits per heavy atom. The molecule has 2 heteroatoms. The third-order valence-electron chi connectivity index (χ3n) is 3.72. The number of aromatic hydroxyl groups is 1. The molecule has 0 fully saturated rings. The molecule has 0 saturated carbocycles. The van der Waals surface area contributed by atoms with Crippen LogP contribution in [0, 0.1) is 0 Å². The van der Waals surface area contributed by atoms with Gasteiger partial charge < -0.3 is 9.84 Å². The molecule has 0 amide bonds. The Morgan fingerprint density at radius 3 is 2.23 bits per heavy atom. The van der Waals surface area contributed by atoms with Gasteiger partial charge in [-0.15, -0.1) is 0 Å². The van der Waals surface area contributed by atoms with Crippen molar-refractivity contribution in [3.63, 3.8) is 0 Å². The van der Waals surface area contributed by atoms with Gasteiger partial charge in [0.1, 0.15) is 11.5 Å². The highest BCUT2D eigenvalue weighted by molar-refractivity contribution is 5.72. The summed E-state index contributed by atoms with van der Waals surface area (Å²) < 4.78 is 5.68. The summed E-state index contributed by atoms with van der Waals surface area (Å²) in [5.74, 6) is 1.19. The molecule has 0 unspecified atom stereocenters. The van der Waals surface area contributed by atoms with Crippen LogP contribution in [0.15, 0.2) is 72.8 Å². The van der Waals surface area contributed by atoms with Crippen LogP contribution >= 0.6 is 0 Å². The summed E-state index contributed by atoms with van der Waals surface area (Å²) in [6.45, 7) is 0. The minimum atomic E-state index is 0.286. The lowest BCUT2D eigenvalue weighted by atomic mass is 9.97. The first-order valence-corrected chi connectivity index (χ1v) is 7.27. The quantitative estimate of drug-likeness (QED) is 0.757. The van der Waals surface area contributed by atoms with Crippen LogP contribution in [0.4, 0.5) is 0 Å². The monoisotopic (exact) mass is 290 g/mol. The molecule has 0 aliphatic carbocycles. The Morgan fingerprint density at radius 2 is 1.55 bits per heavy atom. The van der Waals surface area contributed by atoms with Crippen LogP contribution in [0.3, 0.4) is 0 Å². The van der Waals surface area contributed by atoms with E-state index in [-0.39, 0.29) is 5.75 Å². The van der Waals surface area contributed by atoms with E-state index in [2.05, 4.69) is 30.3 Å². The number of para-hydroxylation sites is 1. The number of ether oxygens (including phenoxy) is 1. The summed E-state index contributed by atoms with van der Waals surface area (Å²) in [6.07, 6.45) is 0.768. The van der Waals surface area contributed by atoms with Crippen LogP contribution in [-0.2, 0) is 6.42 Å². The molecule has 22 heavy (non-hydrogen) atoms. The lowest BCUT2D eigenvalue weighted by Crippen LogP contribution is -1.96. The Labute approximate surface area is 130 Å². The predicted molar refractivity (Wildman–Crippen MR) is 89.3 cm³/mol. The van der Waals surface area contributed by atoms with E-state index in [4.69, 9.17) is 4.74 Å². The van der Waals surface area contributed by atoms with E-state index in [0.717, 1.165) is 34.4 Å². The first kappa shape index (κ1) is 14.2. The maximum atomic E-state index is 9.39. The molecule has 110 valence electrons. The van der Waals surface area contributed by atoms with E-state index in [1.54, 1.807) is 19.2 Å². The van der Waals surface area contributed by atoms with Gasteiger partial charge in [0.25, 0.3) is 0 Å². The van der Waals surface area contributed by atoms with Gasteiger partial charge >= 0.3 is 0 Å². The van der Waals surface area contributed by atoms with E-state index in [1.807, 2.05) is 30.3 Å². The number of phenolic OH excluding ortho intramolecular Hbond substituents is 1. The SMILES string of the molecule is COc1c(Cc2ccc(O)cc2)cccc1-c1ccccc1. The zero-order chi connectivity index (χ0) is 15.4. The fourth-order valence-corrected chi connectivity index (χ4v) is 2.64. The van der Waals surface area contributed by atoms with Crippen molar-refractivity contribution in [1.29, 1.82) is 0 Å². The lowest BCUT2D eigenvalue weighted by molar-refractivity contribution is 0.412. The summed E-state index contributed by atoms with van der Waals surface area (Å²) in [5, 5.41) is 9.39. The number of methoxy groups -OCH3 is 1. The first-order chi connectivity index (χ1) is 10.8. The van der Waals surface area contributed by atoms with Crippen LogP contribution in [-0.4, -0.2) is 12.2 Å². The maximum absolute atomic E-state index is 9.39. The Kier molecular flexibility index (Phi) is 4.10. The van der Waals surface area contributed by atoms with Crippen LogP contribution in [0.5, 0.6) is 11.5 Å². The third-order valence-corrected chi connectivity index (χ3v) is 3.72. The van der Waals surface area contributed by atoms with E-state index < -0.39 is 0 Å². The van der Waals surface area contributed by atoms with Crippen molar-refractivity contribution < 1.29 is 9.84 Å². The largest absolute Gasteiger partial charge is 0.508 e. The maximum Gasteiger partial charge on any atom is 0.130 e. The van der Waals surface area contributed by atoms with Crippen LogP contribution in [0.2, 0.25) is 0 Å². The van der Waals surface area contributed by atoms with Crippen molar-refractivity contribution in [2.75, 3.05) is 7.11 Å². The number of rotatable bonds is 4. The van der Waals surface area contributed by atoms with Gasteiger partial charge in [-0.2, -0.15) is 0 Å². The van der Waals surface area contributed by atoms with Gasteiger partial charge in [-0.25, -0.2) is 0 Å². The van der Waals surface area contributed by atoms with Gasteiger partial charge in [0, 0.05) is 12.0 Å². The summed E-state index contributed by atoms with van der Waals surface area (Å²) in [5.41, 5.74) is 4.52. The van der Waals surface area contributed by atoms with Gasteiger partial charge in [0.05, 0.1) is 7.11 Å². The molecule has 3 aromatic rings. The van der Waals surface area contributed by atoms with Crippen molar-refractivity contribution in [3.05, 3.63) is 83.9 Å². The minimum Gasteiger partial charge on any atom is -0.508 e. The van der Waals surface area contributed by atoms with E-state index in [9.17, 15) is 5.11 Å². The summed E-state index contributed by atoms with van der Waals surface area (Å²) >= 11 is 0. The number of benzene rings is 3. The second-order valence-electron chi connectivity index (χ2n) is 5.21. The molecular formula is C20H18O2. The standard InChI is InChI=1S/C20H18O2/c1-22-20-17(14-15-10-12-18(21)13-11-15)8-5-9-19(20)16-6-3-2-4-7-16/h2-13,21H,14H2,1H3. The highest BCUT2D eigenvalue weighted by Gasteiger charge is 2.11. The molecule has 0 heterocycles. The number of hydrogen-bond acceptors (Lipinski definition) is 2. The molecule has 0 spiro atoms. The molecule has 0 aliphatic rings. The van der Waals surface area contributed by atoms with Gasteiger partial charge in [-0.3, -0.25) is 0 Å². The summed E-state index contributed by atoms with van der Waals surface area (Å²) in [4.78, 5) is 0. The minimum absolute atomic E-state index is 0.286. The van der Waals surface area contributed by atoms with Crippen LogP contribution in [0.25, 0.3) is 11.1 Å². The van der Waals surface area contributed by atoms with Crippen molar-refractivity contribution in [3.8, 4) is 22.6 Å². The molecule has 0 aromatic heterocycles. The van der Waals surface area contributed by atoms with Crippen molar-refractivity contribution in [2.24, 2.45) is 0 Å². The van der Waals surface area contributed by atoms with Crippen molar-refractivity contribution in [2.45, 2.75) is 6.42 Å². The first-order valence-electron chi connectivity index (χ1n) is 7.27. The average Bonchev–Trinajstić information content (AvgIpc) is 2.57. The molecule has 0 aliphatic heterocycles. The predicted octanol–water partition coefficient (Wildman–Crippen LogP) is 4.66. The van der Waals surface area contributed by atoms with Gasteiger partial charge in [0.2, 0.25) is 0 Å². The normalized spacial score (nSPS) is 10.4. The van der Waals surface area contributed by atoms with E-state index >= 15 is 0 Å². The molecular weight excluding hydrogens is 272 g/mol. The summed E-state index contributed by atoms with van der Waals surface area (Å²) in [6, 6.07) is 23.7. The molecule has 0 radical (unpaired) electrons. The van der Waals surface area contributed by atoms with E-state index in [1.165, 1.54) is 0 Å². The average molecular weight is 290 g/mol. The van der Waals surface area contributed by atoms with Gasteiger partial charge in [0.15, 0.2) is 0 Å². The number of phenols is 1. The fourth-order valence-electron chi connectivity index (χ4n) is 2.64. The molecule has 2 nitrogen and oxygen atoms in total. The second kappa shape index (κ2) is 6.35. The highest BCUT2D eigenvalue weighted by Crippen LogP contribution is 2.34. The van der Waals surface area contributed by atoms with Crippen molar-refractivity contribution >= 4 is 0 Å². The molecule has 0 atom stereocenters. The van der Waals surface area contributed by atoms with E-state index in [0.29, 0.717) is 0 Å². The Balaban J connectivity index is 2.00. The van der Waals surface area contributed by atoms with Crippen LogP contribution < -0.4 is 4.74 Å². The lowest BCUT2D eigenvalue weighted by Gasteiger charge is -2.14. The van der Waals surface area contributed by atoms with Crippen molar-refractivity contribution in [1.82, 2.24) is 0 Å². The number of hydrogen-bond donors (Lipinski definition) is 1.